The van der Waals surface area contributed by atoms with Crippen LogP contribution in [0.25, 0.3) is 0 Å². The van der Waals surface area contributed by atoms with Crippen molar-refractivity contribution < 1.29 is 14.3 Å². The fourth-order valence-electron chi connectivity index (χ4n) is 4.64. The van der Waals surface area contributed by atoms with Gasteiger partial charge in [-0.3, -0.25) is 9.48 Å². The molecule has 3 aliphatic heterocycles. The average Bonchev–Trinajstić information content (AvgIpc) is 3.35. The number of amides is 3. The lowest BCUT2D eigenvalue weighted by Gasteiger charge is -2.43. The SMILES string of the molecule is CC(C)CNC(=O)N1CCC2(CC1)Cc1c(c(C(=O)N3CCCC3)nn1C)CO2. The van der Waals surface area contributed by atoms with Crippen LogP contribution in [0.15, 0.2) is 0 Å². The summed E-state index contributed by atoms with van der Waals surface area (Å²) in [6.07, 6.45) is 4.51. The second kappa shape index (κ2) is 7.97. The van der Waals surface area contributed by atoms with Crippen molar-refractivity contribution in [3.05, 3.63) is 17.0 Å². The van der Waals surface area contributed by atoms with Gasteiger partial charge >= 0.3 is 6.03 Å². The van der Waals surface area contributed by atoms with Crippen LogP contribution in [0.4, 0.5) is 4.79 Å². The van der Waals surface area contributed by atoms with Gasteiger partial charge in [-0.2, -0.15) is 5.10 Å². The van der Waals surface area contributed by atoms with E-state index < -0.39 is 0 Å². The third kappa shape index (κ3) is 3.99. The van der Waals surface area contributed by atoms with Crippen molar-refractivity contribution in [3.63, 3.8) is 0 Å². The van der Waals surface area contributed by atoms with Gasteiger partial charge < -0.3 is 19.9 Å². The average molecular weight is 404 g/mol. The number of hydrogen-bond donors (Lipinski definition) is 1. The molecule has 0 aromatic carbocycles. The van der Waals surface area contributed by atoms with E-state index in [1.54, 1.807) is 0 Å². The molecular formula is C21H33N5O3. The van der Waals surface area contributed by atoms with Crippen LogP contribution in [0.2, 0.25) is 0 Å². The highest BCUT2D eigenvalue weighted by Crippen LogP contribution is 2.37. The molecule has 0 saturated carbocycles. The van der Waals surface area contributed by atoms with Gasteiger partial charge in [0, 0.05) is 57.4 Å². The van der Waals surface area contributed by atoms with Gasteiger partial charge in [-0.25, -0.2) is 4.79 Å². The maximum absolute atomic E-state index is 12.9. The Morgan fingerprint density at radius 2 is 1.83 bits per heavy atom. The minimum absolute atomic E-state index is 0.0177. The molecule has 2 fully saturated rings. The molecule has 3 amide bonds. The molecule has 0 unspecified atom stereocenters. The molecule has 1 spiro atoms. The van der Waals surface area contributed by atoms with Crippen molar-refractivity contribution in [3.8, 4) is 0 Å². The molecule has 1 aromatic rings. The van der Waals surface area contributed by atoms with E-state index in [1.165, 1.54) is 0 Å². The summed E-state index contributed by atoms with van der Waals surface area (Å²) in [5.41, 5.74) is 2.36. The first-order valence-corrected chi connectivity index (χ1v) is 10.9. The molecule has 0 aliphatic carbocycles. The Kier molecular flexibility index (Phi) is 5.55. The Morgan fingerprint density at radius 1 is 1.14 bits per heavy atom. The van der Waals surface area contributed by atoms with E-state index >= 15 is 0 Å². The predicted octanol–water partition coefficient (Wildman–Crippen LogP) is 1.93. The first-order valence-electron chi connectivity index (χ1n) is 10.9. The van der Waals surface area contributed by atoms with Crippen LogP contribution in [0.1, 0.15) is 61.3 Å². The second-order valence-corrected chi connectivity index (χ2v) is 9.11. The van der Waals surface area contributed by atoms with Gasteiger partial charge in [0.2, 0.25) is 0 Å². The van der Waals surface area contributed by atoms with Gasteiger partial charge in [0.05, 0.1) is 12.2 Å². The van der Waals surface area contributed by atoms with Crippen molar-refractivity contribution in [2.45, 2.75) is 58.2 Å². The smallest absolute Gasteiger partial charge is 0.317 e. The monoisotopic (exact) mass is 403 g/mol. The van der Waals surface area contributed by atoms with E-state index in [-0.39, 0.29) is 17.5 Å². The summed E-state index contributed by atoms with van der Waals surface area (Å²) in [5.74, 6) is 0.480. The summed E-state index contributed by atoms with van der Waals surface area (Å²) in [7, 11) is 1.92. The van der Waals surface area contributed by atoms with Crippen LogP contribution in [-0.4, -0.2) is 69.8 Å². The van der Waals surface area contributed by atoms with E-state index in [4.69, 9.17) is 4.74 Å². The molecule has 1 aromatic heterocycles. The zero-order valence-electron chi connectivity index (χ0n) is 17.9. The highest BCUT2D eigenvalue weighted by Gasteiger charge is 2.43. The molecule has 8 heteroatoms. The number of aryl methyl sites for hydroxylation is 1. The highest BCUT2D eigenvalue weighted by molar-refractivity contribution is 5.94. The van der Waals surface area contributed by atoms with Crippen LogP contribution in [-0.2, 0) is 24.8 Å². The Hall–Kier alpha value is -2.09. The second-order valence-electron chi connectivity index (χ2n) is 9.11. The molecule has 0 bridgehead atoms. The minimum Gasteiger partial charge on any atom is -0.370 e. The summed E-state index contributed by atoms with van der Waals surface area (Å²) in [6.45, 7) is 8.34. The molecule has 29 heavy (non-hydrogen) atoms. The molecule has 0 radical (unpaired) electrons. The van der Waals surface area contributed by atoms with Gasteiger partial charge in [-0.15, -0.1) is 0 Å². The van der Waals surface area contributed by atoms with E-state index in [9.17, 15) is 9.59 Å². The number of urea groups is 1. The van der Waals surface area contributed by atoms with Gasteiger partial charge in [-0.1, -0.05) is 13.8 Å². The molecule has 160 valence electrons. The lowest BCUT2D eigenvalue weighted by molar-refractivity contribution is -0.0982. The van der Waals surface area contributed by atoms with Crippen LogP contribution < -0.4 is 5.32 Å². The van der Waals surface area contributed by atoms with Crippen LogP contribution in [0, 0.1) is 5.92 Å². The molecule has 3 aliphatic rings. The zero-order valence-corrected chi connectivity index (χ0v) is 17.9. The van der Waals surface area contributed by atoms with Crippen molar-refractivity contribution in [1.82, 2.24) is 24.9 Å². The number of piperidine rings is 1. The topological polar surface area (TPSA) is 79.7 Å². The Labute approximate surface area is 172 Å². The molecule has 4 heterocycles. The number of carbonyl (C=O) groups is 2. The van der Waals surface area contributed by atoms with Gasteiger partial charge in [0.25, 0.3) is 5.91 Å². The first kappa shape index (κ1) is 20.2. The number of fused-ring (bicyclic) bond motifs is 1. The fourth-order valence-corrected chi connectivity index (χ4v) is 4.64. The van der Waals surface area contributed by atoms with Crippen molar-refractivity contribution in [1.29, 1.82) is 0 Å². The number of carbonyl (C=O) groups excluding carboxylic acids is 2. The number of rotatable bonds is 3. The van der Waals surface area contributed by atoms with Gasteiger partial charge in [0.1, 0.15) is 0 Å². The van der Waals surface area contributed by atoms with E-state index in [0.717, 1.165) is 56.5 Å². The quantitative estimate of drug-likeness (QED) is 0.836. The Morgan fingerprint density at radius 3 is 2.48 bits per heavy atom. The van der Waals surface area contributed by atoms with Gasteiger partial charge in [-0.05, 0) is 31.6 Å². The standard InChI is InChI=1S/C21H33N5O3/c1-15(2)13-22-20(28)26-10-6-21(7-11-26)12-17-16(14-29-21)18(23-24(17)3)19(27)25-8-4-5-9-25/h15H,4-14H2,1-3H3,(H,22,28). The van der Waals surface area contributed by atoms with Crippen molar-refractivity contribution in [2.24, 2.45) is 13.0 Å². The summed E-state index contributed by atoms with van der Waals surface area (Å²) in [5, 5.41) is 7.57. The van der Waals surface area contributed by atoms with Crippen LogP contribution in [0.3, 0.4) is 0 Å². The third-order valence-electron chi connectivity index (χ3n) is 6.51. The zero-order chi connectivity index (χ0) is 20.6. The van der Waals surface area contributed by atoms with Crippen LogP contribution >= 0.6 is 0 Å². The molecule has 1 N–H and O–H groups in total. The van der Waals surface area contributed by atoms with Gasteiger partial charge in [0.15, 0.2) is 5.69 Å². The Balaban J connectivity index is 1.42. The maximum atomic E-state index is 12.9. The summed E-state index contributed by atoms with van der Waals surface area (Å²) in [4.78, 5) is 29.0. The summed E-state index contributed by atoms with van der Waals surface area (Å²) < 4.78 is 8.21. The lowest BCUT2D eigenvalue weighted by atomic mass is 9.83. The number of aromatic nitrogens is 2. The fraction of sp³-hybridized carbons (Fsp3) is 0.762. The molecule has 2 saturated heterocycles. The lowest BCUT2D eigenvalue weighted by Crippen LogP contribution is -2.53. The maximum Gasteiger partial charge on any atom is 0.317 e. The van der Waals surface area contributed by atoms with Crippen molar-refractivity contribution >= 4 is 11.9 Å². The van der Waals surface area contributed by atoms with E-state index in [0.29, 0.717) is 37.9 Å². The minimum atomic E-state index is -0.260. The number of hydrogen-bond acceptors (Lipinski definition) is 4. The van der Waals surface area contributed by atoms with Crippen molar-refractivity contribution in [2.75, 3.05) is 32.7 Å². The number of nitrogens with zero attached hydrogens (tertiary/aromatic N) is 4. The molecular weight excluding hydrogens is 370 g/mol. The molecule has 8 nitrogen and oxygen atoms in total. The summed E-state index contributed by atoms with van der Waals surface area (Å²) >= 11 is 0. The van der Waals surface area contributed by atoms with E-state index in [2.05, 4.69) is 24.3 Å². The van der Waals surface area contributed by atoms with E-state index in [1.807, 2.05) is 21.5 Å². The largest absolute Gasteiger partial charge is 0.370 e. The number of likely N-dealkylation sites (tertiary alicyclic amines) is 2. The normalized spacial score (nSPS) is 21.0. The number of nitrogens with one attached hydrogen (secondary N) is 1. The Bertz CT molecular complexity index is 774. The third-order valence-corrected chi connectivity index (χ3v) is 6.51. The molecule has 4 rings (SSSR count). The predicted molar refractivity (Wildman–Crippen MR) is 109 cm³/mol. The summed E-state index contributed by atoms with van der Waals surface area (Å²) in [6, 6.07) is 0.0177. The number of ether oxygens (including phenoxy) is 1. The van der Waals surface area contributed by atoms with Crippen LogP contribution in [0.5, 0.6) is 0 Å². The highest BCUT2D eigenvalue weighted by atomic mass is 16.5. The first-order chi connectivity index (χ1) is 13.9. The molecule has 0 atom stereocenters.